The Kier molecular flexibility index (Phi) is 4.60. The van der Waals surface area contributed by atoms with E-state index in [0.29, 0.717) is 23.9 Å². The predicted molar refractivity (Wildman–Crippen MR) is 112 cm³/mol. The second-order valence-corrected chi connectivity index (χ2v) is 10.1. The zero-order valence-electron chi connectivity index (χ0n) is 16.6. The third-order valence-electron chi connectivity index (χ3n) is 5.97. The number of fused-ring (bicyclic) bond motifs is 2. The van der Waals surface area contributed by atoms with Gasteiger partial charge in [-0.1, -0.05) is 11.6 Å². The molecule has 2 aromatic heterocycles. The highest BCUT2D eigenvalue weighted by Gasteiger charge is 2.45. The monoisotopic (exact) mass is 448 g/mol. The van der Waals surface area contributed by atoms with Crippen LogP contribution in [-0.4, -0.2) is 65.5 Å². The molecule has 2 unspecified atom stereocenters. The number of hydrogen-bond donors (Lipinski definition) is 0. The van der Waals surface area contributed by atoms with E-state index in [2.05, 4.69) is 19.9 Å². The lowest BCUT2D eigenvalue weighted by Crippen LogP contribution is -2.33. The number of sulfonamides is 1. The van der Waals surface area contributed by atoms with Crippen LogP contribution in [0.15, 0.2) is 35.7 Å². The standard InChI is InChI=1S/C19H21ClN6O3S/c1-24-11-23-17-18(24)21-10-22-19(17)25-6-12-8-26(9-13(12)7-25)30(27,28)16-5-14(20)3-4-15(16)29-2/h3-5,10-13H,6-9H2,1-2H3. The summed E-state index contributed by atoms with van der Waals surface area (Å²) < 4.78 is 35.2. The van der Waals surface area contributed by atoms with E-state index in [4.69, 9.17) is 16.3 Å². The molecular formula is C19H21ClN6O3S. The van der Waals surface area contributed by atoms with Crippen LogP contribution in [-0.2, 0) is 17.1 Å². The average Bonchev–Trinajstić information content (AvgIpc) is 3.41. The molecule has 2 aliphatic heterocycles. The summed E-state index contributed by atoms with van der Waals surface area (Å²) >= 11 is 6.05. The molecule has 0 N–H and O–H groups in total. The Morgan fingerprint density at radius 1 is 1.10 bits per heavy atom. The van der Waals surface area contributed by atoms with Crippen molar-refractivity contribution in [3.8, 4) is 5.75 Å². The highest BCUT2D eigenvalue weighted by molar-refractivity contribution is 7.89. The van der Waals surface area contributed by atoms with Gasteiger partial charge in [0.25, 0.3) is 0 Å². The van der Waals surface area contributed by atoms with E-state index >= 15 is 0 Å². The SMILES string of the molecule is COc1ccc(Cl)cc1S(=O)(=O)N1CC2CN(c3ncnc4c3ncn4C)CC2C1. The number of benzene rings is 1. The third-order valence-corrected chi connectivity index (χ3v) is 8.06. The first-order valence-corrected chi connectivity index (χ1v) is 11.4. The van der Waals surface area contributed by atoms with E-state index in [0.717, 1.165) is 30.1 Å². The summed E-state index contributed by atoms with van der Waals surface area (Å²) in [6, 6.07) is 4.66. The van der Waals surface area contributed by atoms with Crippen molar-refractivity contribution in [3.63, 3.8) is 0 Å². The molecule has 5 rings (SSSR count). The van der Waals surface area contributed by atoms with E-state index in [1.165, 1.54) is 13.2 Å². The molecule has 0 radical (unpaired) electrons. The highest BCUT2D eigenvalue weighted by Crippen LogP contribution is 2.39. The molecule has 0 aliphatic carbocycles. The van der Waals surface area contributed by atoms with E-state index in [1.54, 1.807) is 29.1 Å². The molecule has 11 heteroatoms. The summed E-state index contributed by atoms with van der Waals surface area (Å²) in [5.41, 5.74) is 1.56. The van der Waals surface area contributed by atoms with Gasteiger partial charge in [-0.2, -0.15) is 4.31 Å². The van der Waals surface area contributed by atoms with E-state index in [1.807, 2.05) is 11.6 Å². The van der Waals surface area contributed by atoms with Crippen molar-refractivity contribution in [2.75, 3.05) is 38.2 Å². The van der Waals surface area contributed by atoms with Crippen molar-refractivity contribution in [2.45, 2.75) is 4.90 Å². The van der Waals surface area contributed by atoms with Crippen LogP contribution >= 0.6 is 11.6 Å². The molecule has 0 amide bonds. The van der Waals surface area contributed by atoms with Crippen molar-refractivity contribution < 1.29 is 13.2 Å². The van der Waals surface area contributed by atoms with Gasteiger partial charge >= 0.3 is 0 Å². The van der Waals surface area contributed by atoms with Gasteiger partial charge in [0.15, 0.2) is 17.0 Å². The smallest absolute Gasteiger partial charge is 0.246 e. The van der Waals surface area contributed by atoms with Crippen LogP contribution in [0.3, 0.4) is 0 Å². The van der Waals surface area contributed by atoms with Gasteiger partial charge in [-0.3, -0.25) is 0 Å². The number of nitrogens with zero attached hydrogens (tertiary/aromatic N) is 6. The number of anilines is 1. The van der Waals surface area contributed by atoms with Crippen molar-refractivity contribution in [3.05, 3.63) is 35.9 Å². The topological polar surface area (TPSA) is 93.5 Å². The molecule has 2 saturated heterocycles. The molecule has 2 atom stereocenters. The third kappa shape index (κ3) is 3.01. The maximum Gasteiger partial charge on any atom is 0.246 e. The van der Waals surface area contributed by atoms with E-state index in [9.17, 15) is 8.42 Å². The van der Waals surface area contributed by atoms with Gasteiger partial charge in [0, 0.05) is 38.2 Å². The molecule has 4 heterocycles. The minimum Gasteiger partial charge on any atom is -0.495 e. The molecule has 0 saturated carbocycles. The second-order valence-electron chi connectivity index (χ2n) is 7.77. The molecule has 9 nitrogen and oxygen atoms in total. The first-order chi connectivity index (χ1) is 14.4. The normalized spacial score (nSPS) is 22.0. The largest absolute Gasteiger partial charge is 0.495 e. The van der Waals surface area contributed by atoms with Gasteiger partial charge in [0.2, 0.25) is 10.0 Å². The maximum absolute atomic E-state index is 13.3. The van der Waals surface area contributed by atoms with Crippen LogP contribution in [0.4, 0.5) is 5.82 Å². The molecule has 0 spiro atoms. The predicted octanol–water partition coefficient (Wildman–Crippen LogP) is 1.78. The fraction of sp³-hybridized carbons (Fsp3) is 0.421. The van der Waals surface area contributed by atoms with Crippen LogP contribution in [0.25, 0.3) is 11.2 Å². The number of hydrogen-bond acceptors (Lipinski definition) is 7. The zero-order valence-corrected chi connectivity index (χ0v) is 18.1. The summed E-state index contributed by atoms with van der Waals surface area (Å²) in [6.07, 6.45) is 3.28. The number of aryl methyl sites for hydroxylation is 1. The summed E-state index contributed by atoms with van der Waals surface area (Å²) in [6.45, 7) is 2.36. The second kappa shape index (κ2) is 7.07. The van der Waals surface area contributed by atoms with Crippen LogP contribution in [0.1, 0.15) is 0 Å². The van der Waals surface area contributed by atoms with Crippen LogP contribution in [0.2, 0.25) is 5.02 Å². The molecule has 158 valence electrons. The van der Waals surface area contributed by atoms with Crippen molar-refractivity contribution in [1.29, 1.82) is 0 Å². The molecule has 0 bridgehead atoms. The number of rotatable bonds is 4. The molecular weight excluding hydrogens is 428 g/mol. The summed E-state index contributed by atoms with van der Waals surface area (Å²) in [4.78, 5) is 15.5. The number of methoxy groups -OCH3 is 1. The summed E-state index contributed by atoms with van der Waals surface area (Å²) in [5.74, 6) is 1.55. The summed E-state index contributed by atoms with van der Waals surface area (Å²) in [5, 5.41) is 0.364. The minimum absolute atomic E-state index is 0.111. The Morgan fingerprint density at radius 2 is 1.83 bits per heavy atom. The lowest BCUT2D eigenvalue weighted by atomic mass is 10.0. The Morgan fingerprint density at radius 3 is 2.53 bits per heavy atom. The van der Waals surface area contributed by atoms with Gasteiger partial charge in [-0.15, -0.1) is 0 Å². The first kappa shape index (κ1) is 19.5. The fourth-order valence-corrected chi connectivity index (χ4v) is 6.45. The zero-order chi connectivity index (χ0) is 21.0. The Balaban J connectivity index is 1.38. The van der Waals surface area contributed by atoms with E-state index in [-0.39, 0.29) is 16.7 Å². The van der Waals surface area contributed by atoms with Crippen LogP contribution in [0, 0.1) is 11.8 Å². The van der Waals surface area contributed by atoms with Crippen molar-refractivity contribution in [1.82, 2.24) is 23.8 Å². The van der Waals surface area contributed by atoms with Crippen LogP contribution < -0.4 is 9.64 Å². The van der Waals surface area contributed by atoms with Gasteiger partial charge < -0.3 is 14.2 Å². The minimum atomic E-state index is -3.70. The number of ether oxygens (including phenoxy) is 1. The average molecular weight is 449 g/mol. The highest BCUT2D eigenvalue weighted by atomic mass is 35.5. The Bertz CT molecular complexity index is 1220. The molecule has 3 aromatic rings. The van der Waals surface area contributed by atoms with Crippen LogP contribution in [0.5, 0.6) is 5.75 Å². The number of halogens is 1. The molecule has 2 aliphatic rings. The molecule has 1 aromatic carbocycles. The lowest BCUT2D eigenvalue weighted by molar-refractivity contribution is 0.396. The lowest BCUT2D eigenvalue weighted by Gasteiger charge is -2.23. The quantitative estimate of drug-likeness (QED) is 0.600. The van der Waals surface area contributed by atoms with Gasteiger partial charge in [0.1, 0.15) is 17.0 Å². The Labute approximate surface area is 179 Å². The van der Waals surface area contributed by atoms with Crippen molar-refractivity contribution >= 4 is 38.6 Å². The maximum atomic E-state index is 13.3. The molecule has 2 fully saturated rings. The van der Waals surface area contributed by atoms with Crippen molar-refractivity contribution in [2.24, 2.45) is 18.9 Å². The summed E-state index contributed by atoms with van der Waals surface area (Å²) in [7, 11) is -0.338. The van der Waals surface area contributed by atoms with E-state index < -0.39 is 10.0 Å². The number of imidazole rings is 1. The first-order valence-electron chi connectivity index (χ1n) is 9.59. The number of aromatic nitrogens is 4. The Hall–Kier alpha value is -2.43. The fourth-order valence-electron chi connectivity index (χ4n) is 4.48. The molecule has 30 heavy (non-hydrogen) atoms. The van der Waals surface area contributed by atoms with Gasteiger partial charge in [-0.25, -0.2) is 23.4 Å². The van der Waals surface area contributed by atoms with Gasteiger partial charge in [0.05, 0.1) is 13.4 Å². The van der Waals surface area contributed by atoms with Gasteiger partial charge in [-0.05, 0) is 30.0 Å².